The van der Waals surface area contributed by atoms with E-state index in [0.717, 1.165) is 12.1 Å². The first-order valence-electron chi connectivity index (χ1n) is 5.82. The maximum Gasteiger partial charge on any atom is 0.416 e. The molecule has 2 atom stereocenters. The number of ether oxygens (including phenoxy) is 2. The Kier molecular flexibility index (Phi) is 3.80. The van der Waals surface area contributed by atoms with Gasteiger partial charge in [-0.05, 0) is 17.7 Å². The van der Waals surface area contributed by atoms with Crippen LogP contribution in [0.1, 0.15) is 30.6 Å². The fourth-order valence-corrected chi connectivity index (χ4v) is 2.03. The van der Waals surface area contributed by atoms with Crippen LogP contribution in [0.4, 0.5) is 13.2 Å². The molecule has 104 valence electrons. The van der Waals surface area contributed by atoms with E-state index in [1.165, 1.54) is 19.1 Å². The molecule has 0 aliphatic carbocycles. The molecule has 0 aromatic heterocycles. The summed E-state index contributed by atoms with van der Waals surface area (Å²) >= 11 is 0. The Morgan fingerprint density at radius 1 is 1.32 bits per heavy atom. The third kappa shape index (κ3) is 3.47. The van der Waals surface area contributed by atoms with Gasteiger partial charge in [0.25, 0.3) is 0 Å². The summed E-state index contributed by atoms with van der Waals surface area (Å²) in [5.41, 5.74) is -0.0339. The minimum Gasteiger partial charge on any atom is -0.460 e. The van der Waals surface area contributed by atoms with Crippen LogP contribution in [0.2, 0.25) is 0 Å². The summed E-state index contributed by atoms with van der Waals surface area (Å²) in [6, 6.07) is 4.84. The zero-order chi connectivity index (χ0) is 14.0. The van der Waals surface area contributed by atoms with E-state index in [9.17, 15) is 18.0 Å². The van der Waals surface area contributed by atoms with Gasteiger partial charge in [-0.3, -0.25) is 4.79 Å². The molecule has 1 heterocycles. The highest BCUT2D eigenvalue weighted by molar-refractivity contribution is 5.66. The lowest BCUT2D eigenvalue weighted by Crippen LogP contribution is -2.15. The van der Waals surface area contributed by atoms with E-state index < -0.39 is 11.7 Å². The largest absolute Gasteiger partial charge is 0.460 e. The van der Waals surface area contributed by atoms with E-state index in [1.54, 1.807) is 0 Å². The lowest BCUT2D eigenvalue weighted by atomic mass is 10.0. The van der Waals surface area contributed by atoms with Crippen LogP contribution in [0.15, 0.2) is 24.3 Å². The number of carbonyl (C=O) groups is 1. The van der Waals surface area contributed by atoms with Crippen LogP contribution >= 0.6 is 0 Å². The van der Waals surface area contributed by atoms with E-state index >= 15 is 0 Å². The van der Waals surface area contributed by atoms with Crippen LogP contribution in [-0.2, 0) is 20.4 Å². The minimum absolute atomic E-state index is 0.269. The van der Waals surface area contributed by atoms with E-state index in [4.69, 9.17) is 9.47 Å². The van der Waals surface area contributed by atoms with Crippen molar-refractivity contribution in [3.63, 3.8) is 0 Å². The summed E-state index contributed by atoms with van der Waals surface area (Å²) in [6.45, 7) is 1.58. The predicted molar refractivity (Wildman–Crippen MR) is 60.3 cm³/mol. The lowest BCUT2D eigenvalue weighted by molar-refractivity contribution is -0.146. The van der Waals surface area contributed by atoms with E-state index in [2.05, 4.69) is 0 Å². The van der Waals surface area contributed by atoms with Crippen molar-refractivity contribution in [2.24, 2.45) is 0 Å². The van der Waals surface area contributed by atoms with Gasteiger partial charge in [0, 0.05) is 13.3 Å². The van der Waals surface area contributed by atoms with Crippen molar-refractivity contribution in [2.75, 3.05) is 6.61 Å². The summed E-state index contributed by atoms with van der Waals surface area (Å²) in [5.74, 6) is -0.387. The van der Waals surface area contributed by atoms with Gasteiger partial charge in [-0.15, -0.1) is 0 Å². The van der Waals surface area contributed by atoms with Crippen molar-refractivity contribution in [3.8, 4) is 0 Å². The average molecular weight is 274 g/mol. The average Bonchev–Trinajstić information content (AvgIpc) is 2.75. The molecule has 1 aromatic carbocycles. The Labute approximate surface area is 108 Å². The first-order chi connectivity index (χ1) is 8.86. The van der Waals surface area contributed by atoms with Gasteiger partial charge in [-0.25, -0.2) is 0 Å². The van der Waals surface area contributed by atoms with Gasteiger partial charge in [-0.1, -0.05) is 12.1 Å². The molecule has 1 fully saturated rings. The number of alkyl halides is 3. The van der Waals surface area contributed by atoms with Gasteiger partial charge < -0.3 is 9.47 Å². The highest BCUT2D eigenvalue weighted by atomic mass is 19.4. The van der Waals surface area contributed by atoms with Crippen molar-refractivity contribution in [3.05, 3.63) is 35.4 Å². The van der Waals surface area contributed by atoms with Crippen LogP contribution in [0.3, 0.4) is 0 Å². The fraction of sp³-hybridized carbons (Fsp3) is 0.462. The molecule has 0 amide bonds. The molecule has 0 radical (unpaired) electrons. The first-order valence-corrected chi connectivity index (χ1v) is 5.82. The zero-order valence-corrected chi connectivity index (χ0v) is 10.2. The van der Waals surface area contributed by atoms with Crippen molar-refractivity contribution < 1.29 is 27.4 Å². The SMILES string of the molecule is CC(=O)OC1COC(c2ccc(C(F)(F)F)cc2)C1. The molecule has 3 nitrogen and oxygen atoms in total. The van der Waals surface area contributed by atoms with Gasteiger partial charge in [0.2, 0.25) is 0 Å². The van der Waals surface area contributed by atoms with Crippen LogP contribution in [0.25, 0.3) is 0 Å². The predicted octanol–water partition coefficient (Wildman–Crippen LogP) is 3.10. The molecule has 6 heteroatoms. The van der Waals surface area contributed by atoms with Crippen molar-refractivity contribution in [2.45, 2.75) is 31.7 Å². The number of rotatable bonds is 2. The highest BCUT2D eigenvalue weighted by Gasteiger charge is 2.32. The molecule has 1 saturated heterocycles. The quantitative estimate of drug-likeness (QED) is 0.777. The molecular formula is C13H13F3O3. The van der Waals surface area contributed by atoms with Crippen molar-refractivity contribution in [1.82, 2.24) is 0 Å². The van der Waals surface area contributed by atoms with Crippen LogP contribution < -0.4 is 0 Å². The molecule has 2 unspecified atom stereocenters. The summed E-state index contributed by atoms with van der Waals surface area (Å²) in [7, 11) is 0. The monoisotopic (exact) mass is 274 g/mol. The molecule has 1 aliphatic heterocycles. The molecular weight excluding hydrogens is 261 g/mol. The Morgan fingerprint density at radius 2 is 1.95 bits per heavy atom. The van der Waals surface area contributed by atoms with E-state index in [-0.39, 0.29) is 24.8 Å². The van der Waals surface area contributed by atoms with Crippen molar-refractivity contribution in [1.29, 1.82) is 0 Å². The molecule has 0 N–H and O–H groups in total. The maximum absolute atomic E-state index is 12.4. The third-order valence-corrected chi connectivity index (χ3v) is 2.90. The fourth-order valence-electron chi connectivity index (χ4n) is 2.03. The van der Waals surface area contributed by atoms with Crippen molar-refractivity contribution >= 4 is 5.97 Å². The normalized spacial score (nSPS) is 23.4. The summed E-state index contributed by atoms with van der Waals surface area (Å²) in [5, 5.41) is 0. The van der Waals surface area contributed by atoms with Crippen LogP contribution in [0, 0.1) is 0 Å². The number of benzene rings is 1. The second kappa shape index (κ2) is 5.21. The van der Waals surface area contributed by atoms with E-state index in [1.807, 2.05) is 0 Å². The Hall–Kier alpha value is -1.56. The summed E-state index contributed by atoms with van der Waals surface area (Å²) < 4.78 is 47.7. The van der Waals surface area contributed by atoms with Gasteiger partial charge in [0.05, 0.1) is 18.3 Å². The number of esters is 1. The van der Waals surface area contributed by atoms with Gasteiger partial charge in [0.1, 0.15) is 6.10 Å². The second-order valence-electron chi connectivity index (χ2n) is 4.41. The number of hydrogen-bond donors (Lipinski definition) is 0. The topological polar surface area (TPSA) is 35.5 Å². The van der Waals surface area contributed by atoms with Crippen LogP contribution in [0.5, 0.6) is 0 Å². The maximum atomic E-state index is 12.4. The highest BCUT2D eigenvalue weighted by Crippen LogP contribution is 2.33. The molecule has 0 bridgehead atoms. The van der Waals surface area contributed by atoms with Gasteiger partial charge in [-0.2, -0.15) is 13.2 Å². The van der Waals surface area contributed by atoms with E-state index in [0.29, 0.717) is 12.0 Å². The minimum atomic E-state index is -4.34. The molecule has 2 rings (SSSR count). The summed E-state index contributed by atoms with van der Waals surface area (Å²) in [4.78, 5) is 10.8. The standard InChI is InChI=1S/C13H13F3O3/c1-8(17)19-11-6-12(18-7-11)9-2-4-10(5-3-9)13(14,15)16/h2-5,11-12H,6-7H2,1H3. The number of carbonyl (C=O) groups excluding carboxylic acids is 1. The van der Waals surface area contributed by atoms with Gasteiger partial charge >= 0.3 is 12.1 Å². The molecule has 0 spiro atoms. The smallest absolute Gasteiger partial charge is 0.416 e. The molecule has 1 aliphatic rings. The molecule has 0 saturated carbocycles. The second-order valence-corrected chi connectivity index (χ2v) is 4.41. The van der Waals surface area contributed by atoms with Gasteiger partial charge in [0.15, 0.2) is 0 Å². The Morgan fingerprint density at radius 3 is 2.47 bits per heavy atom. The Balaban J connectivity index is 2.02. The van der Waals surface area contributed by atoms with Crippen LogP contribution in [-0.4, -0.2) is 18.7 Å². The third-order valence-electron chi connectivity index (χ3n) is 2.90. The molecule has 19 heavy (non-hydrogen) atoms. The lowest BCUT2D eigenvalue weighted by Gasteiger charge is -2.12. The first kappa shape index (κ1) is 13.9. The molecule has 1 aromatic rings. The number of hydrogen-bond acceptors (Lipinski definition) is 3. The zero-order valence-electron chi connectivity index (χ0n) is 10.2. The number of halogens is 3. The Bertz CT molecular complexity index is 453. The summed E-state index contributed by atoms with van der Waals surface area (Å²) in [6.07, 6.45) is -4.53.